The molecular formula is C11H14N6S. The first-order valence-electron chi connectivity index (χ1n) is 5.95. The van der Waals surface area contributed by atoms with Crippen LogP contribution in [0.4, 0.5) is 5.82 Å². The van der Waals surface area contributed by atoms with Gasteiger partial charge in [-0.25, -0.2) is 4.98 Å². The molecule has 7 heteroatoms. The minimum atomic E-state index is 0.536. The average molecular weight is 262 g/mol. The van der Waals surface area contributed by atoms with Crippen LogP contribution in [0, 0.1) is 0 Å². The third-order valence-corrected chi connectivity index (χ3v) is 3.26. The summed E-state index contributed by atoms with van der Waals surface area (Å²) in [4.78, 5) is 7.21. The summed E-state index contributed by atoms with van der Waals surface area (Å²) in [6.45, 7) is 0.791. The molecule has 1 aliphatic carbocycles. The van der Waals surface area contributed by atoms with Crippen molar-refractivity contribution in [2.24, 2.45) is 5.73 Å². The van der Waals surface area contributed by atoms with Crippen LogP contribution < -0.4 is 10.6 Å². The predicted molar refractivity (Wildman–Crippen MR) is 72.6 cm³/mol. The molecule has 0 unspecified atom stereocenters. The Morgan fingerprint density at radius 3 is 3.11 bits per heavy atom. The van der Waals surface area contributed by atoms with Gasteiger partial charge in [-0.3, -0.25) is 4.40 Å². The normalized spacial score (nSPS) is 14.9. The van der Waals surface area contributed by atoms with Crippen molar-refractivity contribution in [1.82, 2.24) is 19.6 Å². The van der Waals surface area contributed by atoms with Gasteiger partial charge in [-0.05, 0) is 12.8 Å². The van der Waals surface area contributed by atoms with Crippen LogP contribution in [0.15, 0.2) is 18.7 Å². The van der Waals surface area contributed by atoms with E-state index in [0.717, 1.165) is 18.0 Å². The summed E-state index contributed by atoms with van der Waals surface area (Å²) in [6, 6.07) is 0.537. The Morgan fingerprint density at radius 2 is 2.39 bits per heavy atom. The highest BCUT2D eigenvalue weighted by atomic mass is 32.1. The molecule has 0 spiro atoms. The van der Waals surface area contributed by atoms with E-state index in [4.69, 9.17) is 18.0 Å². The smallest absolute Gasteiger partial charge is 0.203 e. The molecule has 94 valence electrons. The third kappa shape index (κ3) is 2.13. The molecule has 0 saturated heterocycles. The van der Waals surface area contributed by atoms with Crippen molar-refractivity contribution >= 4 is 28.7 Å². The fourth-order valence-electron chi connectivity index (χ4n) is 2.03. The molecule has 6 nitrogen and oxygen atoms in total. The van der Waals surface area contributed by atoms with Gasteiger partial charge in [0.15, 0.2) is 5.82 Å². The summed E-state index contributed by atoms with van der Waals surface area (Å²) in [5, 5.41) is 8.04. The molecule has 3 rings (SSSR count). The lowest BCUT2D eigenvalue weighted by molar-refractivity contribution is 0.784. The van der Waals surface area contributed by atoms with Gasteiger partial charge >= 0.3 is 0 Å². The Labute approximate surface area is 110 Å². The lowest BCUT2D eigenvalue weighted by Gasteiger charge is -2.23. The van der Waals surface area contributed by atoms with E-state index in [-0.39, 0.29) is 0 Å². The largest absolute Gasteiger partial charge is 0.393 e. The highest BCUT2D eigenvalue weighted by Gasteiger charge is 2.31. The van der Waals surface area contributed by atoms with Crippen molar-refractivity contribution in [3.63, 3.8) is 0 Å². The van der Waals surface area contributed by atoms with Gasteiger partial charge in [0.25, 0.3) is 0 Å². The first-order valence-corrected chi connectivity index (χ1v) is 6.36. The summed E-state index contributed by atoms with van der Waals surface area (Å²) in [7, 11) is 0. The molecule has 1 aliphatic rings. The quantitative estimate of drug-likeness (QED) is 0.802. The topological polar surface area (TPSA) is 72.3 Å². The second kappa shape index (κ2) is 4.49. The van der Waals surface area contributed by atoms with Crippen molar-refractivity contribution in [1.29, 1.82) is 0 Å². The second-order valence-electron chi connectivity index (χ2n) is 4.45. The maximum absolute atomic E-state index is 5.58. The summed E-state index contributed by atoms with van der Waals surface area (Å²) >= 11 is 4.95. The van der Waals surface area contributed by atoms with E-state index in [9.17, 15) is 0 Å². The van der Waals surface area contributed by atoms with E-state index in [1.165, 1.54) is 12.8 Å². The molecule has 18 heavy (non-hydrogen) atoms. The molecule has 1 fully saturated rings. The number of thiocarbonyl (C=S) groups is 1. The molecule has 0 aliphatic heterocycles. The predicted octanol–water partition coefficient (Wildman–Crippen LogP) is 0.769. The van der Waals surface area contributed by atoms with E-state index in [1.54, 1.807) is 12.5 Å². The van der Waals surface area contributed by atoms with Gasteiger partial charge in [0.2, 0.25) is 5.65 Å². The van der Waals surface area contributed by atoms with Crippen LogP contribution in [0.5, 0.6) is 0 Å². The number of anilines is 1. The van der Waals surface area contributed by atoms with Gasteiger partial charge in [-0.1, -0.05) is 12.2 Å². The maximum atomic E-state index is 5.58. The van der Waals surface area contributed by atoms with Gasteiger partial charge in [0.05, 0.1) is 4.99 Å². The van der Waals surface area contributed by atoms with Crippen LogP contribution in [-0.2, 0) is 0 Å². The minimum absolute atomic E-state index is 0.536. The highest BCUT2D eigenvalue weighted by molar-refractivity contribution is 7.80. The molecule has 0 radical (unpaired) electrons. The fraction of sp³-hybridized carbons (Fsp3) is 0.455. The molecule has 0 atom stereocenters. The zero-order chi connectivity index (χ0) is 12.5. The third-order valence-electron chi connectivity index (χ3n) is 3.06. The molecule has 2 heterocycles. The summed E-state index contributed by atoms with van der Waals surface area (Å²) in [5.41, 5.74) is 6.37. The van der Waals surface area contributed by atoms with E-state index < -0.39 is 0 Å². The Bertz CT molecular complexity index is 576. The van der Waals surface area contributed by atoms with Crippen LogP contribution >= 0.6 is 12.2 Å². The lowest BCUT2D eigenvalue weighted by Crippen LogP contribution is -2.30. The van der Waals surface area contributed by atoms with Crippen molar-refractivity contribution in [2.45, 2.75) is 25.3 Å². The Kier molecular flexibility index (Phi) is 2.83. The van der Waals surface area contributed by atoms with Crippen molar-refractivity contribution < 1.29 is 0 Å². The van der Waals surface area contributed by atoms with E-state index in [2.05, 4.69) is 20.1 Å². The van der Waals surface area contributed by atoms with E-state index in [1.807, 2.05) is 10.6 Å². The highest BCUT2D eigenvalue weighted by Crippen LogP contribution is 2.32. The second-order valence-corrected chi connectivity index (χ2v) is 4.98. The minimum Gasteiger partial charge on any atom is -0.393 e. The number of hydrogen-bond donors (Lipinski definition) is 1. The standard InChI is InChI=1S/C11H14N6S/c12-9(18)3-5-17(8-1-2-8)10-11-15-14-7-16(11)6-4-13-10/h4,6-8H,1-3,5H2,(H2,12,18). The van der Waals surface area contributed by atoms with Gasteiger partial charge in [-0.15, -0.1) is 10.2 Å². The molecule has 1 saturated carbocycles. The van der Waals surface area contributed by atoms with Crippen LogP contribution in [-0.4, -0.2) is 37.2 Å². The summed E-state index contributed by atoms with van der Waals surface area (Å²) < 4.78 is 1.87. The van der Waals surface area contributed by atoms with Crippen LogP contribution in [0.3, 0.4) is 0 Å². The first-order chi connectivity index (χ1) is 8.75. The van der Waals surface area contributed by atoms with Crippen LogP contribution in [0.25, 0.3) is 5.65 Å². The van der Waals surface area contributed by atoms with Crippen LogP contribution in [0.1, 0.15) is 19.3 Å². The van der Waals surface area contributed by atoms with Gasteiger partial charge < -0.3 is 10.6 Å². The van der Waals surface area contributed by atoms with E-state index >= 15 is 0 Å². The Morgan fingerprint density at radius 1 is 1.56 bits per heavy atom. The summed E-state index contributed by atoms with van der Waals surface area (Å²) in [6.07, 6.45) is 8.36. The number of hydrogen-bond acceptors (Lipinski definition) is 5. The molecule has 2 aromatic heterocycles. The van der Waals surface area contributed by atoms with Gasteiger partial charge in [-0.2, -0.15) is 0 Å². The first kappa shape index (κ1) is 11.3. The Balaban J connectivity index is 1.93. The molecular weight excluding hydrogens is 248 g/mol. The number of rotatable bonds is 5. The number of fused-ring (bicyclic) bond motifs is 1. The van der Waals surface area contributed by atoms with Crippen molar-refractivity contribution in [3.8, 4) is 0 Å². The SMILES string of the molecule is NC(=S)CCN(c1nccn2cnnc12)C1CC1. The number of aromatic nitrogens is 4. The molecule has 2 N–H and O–H groups in total. The maximum Gasteiger partial charge on any atom is 0.203 e. The number of nitrogens with two attached hydrogens (primary N) is 1. The summed E-state index contributed by atoms with van der Waals surface area (Å²) in [5.74, 6) is 0.869. The molecule has 0 amide bonds. The monoisotopic (exact) mass is 262 g/mol. The Hall–Kier alpha value is -1.76. The van der Waals surface area contributed by atoms with Crippen molar-refractivity contribution in [2.75, 3.05) is 11.4 Å². The lowest BCUT2D eigenvalue weighted by atomic mass is 10.3. The zero-order valence-corrected chi connectivity index (χ0v) is 10.7. The van der Waals surface area contributed by atoms with Gasteiger partial charge in [0, 0.05) is 31.4 Å². The van der Waals surface area contributed by atoms with Crippen LogP contribution in [0.2, 0.25) is 0 Å². The van der Waals surface area contributed by atoms with E-state index in [0.29, 0.717) is 17.5 Å². The molecule has 0 aromatic carbocycles. The average Bonchev–Trinajstić information content (AvgIpc) is 3.06. The molecule has 2 aromatic rings. The number of nitrogens with zero attached hydrogens (tertiary/aromatic N) is 5. The fourth-order valence-corrected chi connectivity index (χ4v) is 2.12. The molecule has 0 bridgehead atoms. The van der Waals surface area contributed by atoms with Gasteiger partial charge in [0.1, 0.15) is 6.33 Å². The van der Waals surface area contributed by atoms with Crippen molar-refractivity contribution in [3.05, 3.63) is 18.7 Å². The zero-order valence-electron chi connectivity index (χ0n) is 9.86.